The molecule has 0 aliphatic heterocycles. The largest absolute Gasteiger partial charge is 0.497 e. The predicted octanol–water partition coefficient (Wildman–Crippen LogP) is 5.11. The van der Waals surface area contributed by atoms with Crippen molar-refractivity contribution in [1.82, 2.24) is 14.5 Å². The number of rotatable bonds is 10. The first-order valence-corrected chi connectivity index (χ1v) is 12.6. The molecule has 0 atom stereocenters. The van der Waals surface area contributed by atoms with Crippen LogP contribution in [0.5, 0.6) is 5.75 Å². The summed E-state index contributed by atoms with van der Waals surface area (Å²) in [5, 5.41) is 2.88. The molecule has 38 heavy (non-hydrogen) atoms. The summed E-state index contributed by atoms with van der Waals surface area (Å²) in [5.41, 5.74) is 3.01. The van der Waals surface area contributed by atoms with Gasteiger partial charge in [-0.1, -0.05) is 30.3 Å². The maximum Gasteiger partial charge on any atom is 0.246 e. The Kier molecular flexibility index (Phi) is 7.49. The topological polar surface area (TPSA) is 76.5 Å². The van der Waals surface area contributed by atoms with E-state index < -0.39 is 0 Å². The van der Waals surface area contributed by atoms with Crippen molar-refractivity contribution in [3.8, 4) is 22.7 Å². The van der Waals surface area contributed by atoms with Gasteiger partial charge in [-0.3, -0.25) is 19.5 Å². The second-order valence-electron chi connectivity index (χ2n) is 9.45. The molecule has 0 saturated heterocycles. The van der Waals surface area contributed by atoms with E-state index in [9.17, 15) is 14.0 Å². The van der Waals surface area contributed by atoms with Crippen LogP contribution in [0.15, 0.2) is 85.1 Å². The van der Waals surface area contributed by atoms with Crippen molar-refractivity contribution in [1.29, 1.82) is 0 Å². The molecule has 0 unspecified atom stereocenters. The van der Waals surface area contributed by atoms with Crippen LogP contribution in [0.1, 0.15) is 18.4 Å². The number of carbonyl (C=O) groups is 2. The molecule has 1 saturated carbocycles. The number of ether oxygens (including phenoxy) is 1. The SMILES string of the molecule is COc1ccc(-c2cn(-c3ccc(F)cc3)c(NC(=O)CN(CC3CC3)C(=O)Cc3ccccc3)n2)cc1. The molecule has 5 rings (SSSR count). The van der Waals surface area contributed by atoms with E-state index in [2.05, 4.69) is 10.3 Å². The molecule has 194 valence electrons. The van der Waals surface area contributed by atoms with E-state index in [0.717, 1.165) is 29.7 Å². The van der Waals surface area contributed by atoms with Gasteiger partial charge in [0, 0.05) is 24.0 Å². The number of imidazole rings is 1. The second-order valence-corrected chi connectivity index (χ2v) is 9.45. The Hall–Kier alpha value is -4.46. The van der Waals surface area contributed by atoms with E-state index in [1.165, 1.54) is 12.1 Å². The van der Waals surface area contributed by atoms with Crippen LogP contribution in [0.2, 0.25) is 0 Å². The molecule has 4 aromatic rings. The fraction of sp³-hybridized carbons (Fsp3) is 0.233. The lowest BCUT2D eigenvalue weighted by Crippen LogP contribution is -2.40. The van der Waals surface area contributed by atoms with E-state index in [-0.39, 0.29) is 36.5 Å². The molecule has 1 aromatic heterocycles. The molecule has 3 aromatic carbocycles. The highest BCUT2D eigenvalue weighted by atomic mass is 19.1. The molecule has 1 heterocycles. The number of halogens is 1. The first-order chi connectivity index (χ1) is 18.5. The minimum absolute atomic E-state index is 0.0731. The number of hydrogen-bond donors (Lipinski definition) is 1. The van der Waals surface area contributed by atoms with Crippen LogP contribution in [-0.2, 0) is 16.0 Å². The van der Waals surface area contributed by atoms with Gasteiger partial charge in [-0.25, -0.2) is 9.37 Å². The van der Waals surface area contributed by atoms with Crippen LogP contribution in [0.4, 0.5) is 10.3 Å². The molecule has 0 radical (unpaired) electrons. The van der Waals surface area contributed by atoms with Gasteiger partial charge in [0.2, 0.25) is 17.8 Å². The van der Waals surface area contributed by atoms with Crippen LogP contribution < -0.4 is 10.1 Å². The third kappa shape index (κ3) is 6.26. The van der Waals surface area contributed by atoms with Gasteiger partial charge in [-0.2, -0.15) is 0 Å². The molecule has 8 heteroatoms. The third-order valence-corrected chi connectivity index (χ3v) is 6.51. The van der Waals surface area contributed by atoms with Gasteiger partial charge in [0.1, 0.15) is 11.6 Å². The summed E-state index contributed by atoms with van der Waals surface area (Å²) in [7, 11) is 1.60. The lowest BCUT2D eigenvalue weighted by molar-refractivity contribution is -0.134. The van der Waals surface area contributed by atoms with E-state index >= 15 is 0 Å². The molecule has 0 spiro atoms. The van der Waals surface area contributed by atoms with Crippen molar-refractivity contribution in [2.75, 3.05) is 25.5 Å². The second kappa shape index (κ2) is 11.3. The average Bonchev–Trinajstić information content (AvgIpc) is 3.66. The van der Waals surface area contributed by atoms with E-state index in [0.29, 0.717) is 23.8 Å². The van der Waals surface area contributed by atoms with Gasteiger partial charge < -0.3 is 9.64 Å². The molecule has 2 amide bonds. The molecule has 1 N–H and O–H groups in total. The van der Waals surface area contributed by atoms with Crippen LogP contribution >= 0.6 is 0 Å². The lowest BCUT2D eigenvalue weighted by Gasteiger charge is -2.22. The Balaban J connectivity index is 1.37. The minimum Gasteiger partial charge on any atom is -0.497 e. The highest BCUT2D eigenvalue weighted by Crippen LogP contribution is 2.30. The quantitative estimate of drug-likeness (QED) is 0.321. The zero-order valence-electron chi connectivity index (χ0n) is 21.1. The van der Waals surface area contributed by atoms with Crippen molar-refractivity contribution in [2.24, 2.45) is 5.92 Å². The predicted molar refractivity (Wildman–Crippen MR) is 144 cm³/mol. The molecule has 1 aliphatic carbocycles. The van der Waals surface area contributed by atoms with E-state index in [1.54, 1.807) is 34.9 Å². The molecule has 1 fully saturated rings. The van der Waals surface area contributed by atoms with Gasteiger partial charge in [0.25, 0.3) is 0 Å². The third-order valence-electron chi connectivity index (χ3n) is 6.51. The summed E-state index contributed by atoms with van der Waals surface area (Å²) in [4.78, 5) is 32.6. The normalized spacial score (nSPS) is 12.7. The molecule has 0 bridgehead atoms. The van der Waals surface area contributed by atoms with Crippen molar-refractivity contribution in [3.05, 3.63) is 96.4 Å². The number of anilines is 1. The minimum atomic E-state index is -0.359. The van der Waals surface area contributed by atoms with Gasteiger partial charge in [0.05, 0.1) is 25.8 Å². The first-order valence-electron chi connectivity index (χ1n) is 12.6. The summed E-state index contributed by atoms with van der Waals surface area (Å²) in [6.45, 7) is 0.485. The number of methoxy groups -OCH3 is 1. The number of benzene rings is 3. The fourth-order valence-corrected chi connectivity index (χ4v) is 4.25. The van der Waals surface area contributed by atoms with E-state index in [4.69, 9.17) is 4.74 Å². The smallest absolute Gasteiger partial charge is 0.246 e. The van der Waals surface area contributed by atoms with Gasteiger partial charge in [-0.05, 0) is 72.9 Å². The number of hydrogen-bond acceptors (Lipinski definition) is 4. The zero-order chi connectivity index (χ0) is 26.5. The highest BCUT2D eigenvalue weighted by Gasteiger charge is 2.28. The first kappa shape index (κ1) is 25.2. The van der Waals surface area contributed by atoms with Crippen LogP contribution in [0, 0.1) is 11.7 Å². The van der Waals surface area contributed by atoms with Crippen molar-refractivity contribution < 1.29 is 18.7 Å². The summed E-state index contributed by atoms with van der Waals surface area (Å²) in [5.74, 6) is 0.653. The Labute approximate surface area is 220 Å². The van der Waals surface area contributed by atoms with E-state index in [1.807, 2.05) is 54.6 Å². The van der Waals surface area contributed by atoms with Crippen LogP contribution in [-0.4, -0.2) is 46.5 Å². The highest BCUT2D eigenvalue weighted by molar-refractivity contribution is 5.94. The zero-order valence-corrected chi connectivity index (χ0v) is 21.1. The number of nitrogens with zero attached hydrogens (tertiary/aromatic N) is 3. The van der Waals surface area contributed by atoms with Gasteiger partial charge in [-0.15, -0.1) is 0 Å². The Morgan fingerprint density at radius 2 is 1.74 bits per heavy atom. The Bertz CT molecular complexity index is 1400. The van der Waals surface area contributed by atoms with Gasteiger partial charge >= 0.3 is 0 Å². The number of amides is 2. The number of nitrogens with one attached hydrogen (secondary N) is 1. The van der Waals surface area contributed by atoms with Crippen molar-refractivity contribution in [3.63, 3.8) is 0 Å². The van der Waals surface area contributed by atoms with Crippen molar-refractivity contribution >= 4 is 17.8 Å². The standard InChI is InChI=1S/C30H29FN4O3/c1-38-26-15-9-23(10-16-26)27-19-35(25-13-11-24(31)12-14-25)30(32-27)33-28(36)20-34(18-22-7-8-22)29(37)17-21-5-3-2-4-6-21/h2-6,9-16,19,22H,7-8,17-18,20H2,1H3,(H,32,33,36). The maximum absolute atomic E-state index is 13.6. The maximum atomic E-state index is 13.6. The molecule has 7 nitrogen and oxygen atoms in total. The summed E-state index contributed by atoms with van der Waals surface area (Å²) >= 11 is 0. The van der Waals surface area contributed by atoms with Crippen molar-refractivity contribution in [2.45, 2.75) is 19.3 Å². The molecular formula is C30H29FN4O3. The number of carbonyl (C=O) groups excluding carboxylic acids is 2. The Morgan fingerprint density at radius 3 is 2.39 bits per heavy atom. The lowest BCUT2D eigenvalue weighted by atomic mass is 10.1. The van der Waals surface area contributed by atoms with Crippen LogP contribution in [0.3, 0.4) is 0 Å². The number of aromatic nitrogens is 2. The summed E-state index contributed by atoms with van der Waals surface area (Å²) in [6, 6.07) is 22.9. The molecular weight excluding hydrogens is 483 g/mol. The Morgan fingerprint density at radius 1 is 1.03 bits per heavy atom. The average molecular weight is 513 g/mol. The summed E-state index contributed by atoms with van der Waals surface area (Å²) < 4.78 is 20.5. The fourth-order valence-electron chi connectivity index (χ4n) is 4.25. The monoisotopic (exact) mass is 512 g/mol. The van der Waals surface area contributed by atoms with Crippen LogP contribution in [0.25, 0.3) is 16.9 Å². The molecule has 1 aliphatic rings. The summed E-state index contributed by atoms with van der Waals surface area (Å²) in [6.07, 6.45) is 4.16. The van der Waals surface area contributed by atoms with Gasteiger partial charge in [0.15, 0.2) is 0 Å².